The van der Waals surface area contributed by atoms with Crippen LogP contribution in [0.2, 0.25) is 0 Å². The lowest BCUT2D eigenvalue weighted by molar-refractivity contribution is 0.427. The van der Waals surface area contributed by atoms with Crippen molar-refractivity contribution < 1.29 is 0 Å². The molecular formula is C36H42. The Kier molecular flexibility index (Phi) is 9.97. The molecule has 4 rings (SSSR count). The highest BCUT2D eigenvalue weighted by Gasteiger charge is 2.43. The lowest BCUT2D eigenvalue weighted by Gasteiger charge is -2.43. The second-order valence-corrected chi connectivity index (χ2v) is 10.1. The molecule has 4 aromatic rings. The monoisotopic (exact) mass is 474 g/mol. The van der Waals surface area contributed by atoms with Gasteiger partial charge in [-0.15, -0.1) is 0 Å². The second kappa shape index (κ2) is 13.8. The first-order valence-electron chi connectivity index (χ1n) is 14.1. The van der Waals surface area contributed by atoms with Crippen LogP contribution in [0.4, 0.5) is 0 Å². The Hall–Kier alpha value is -3.12. The first-order valence-corrected chi connectivity index (χ1v) is 14.1. The summed E-state index contributed by atoms with van der Waals surface area (Å²) >= 11 is 0. The van der Waals surface area contributed by atoms with Crippen LogP contribution in [0.5, 0.6) is 0 Å². The van der Waals surface area contributed by atoms with E-state index in [1.807, 2.05) is 0 Å². The summed E-state index contributed by atoms with van der Waals surface area (Å²) in [5, 5.41) is 0. The van der Waals surface area contributed by atoms with Crippen LogP contribution in [0.15, 0.2) is 121 Å². The highest BCUT2D eigenvalue weighted by atomic mass is 14.5. The summed E-state index contributed by atoms with van der Waals surface area (Å²) in [6.45, 7) is 2.29. The molecule has 0 aromatic heterocycles. The van der Waals surface area contributed by atoms with E-state index in [1.165, 1.54) is 73.6 Å². The van der Waals surface area contributed by atoms with Crippen molar-refractivity contribution >= 4 is 0 Å². The van der Waals surface area contributed by atoms with Gasteiger partial charge in [0.1, 0.15) is 0 Å². The van der Waals surface area contributed by atoms with Gasteiger partial charge in [-0.05, 0) is 28.7 Å². The van der Waals surface area contributed by atoms with Crippen LogP contribution >= 0.6 is 0 Å². The van der Waals surface area contributed by atoms with Crippen molar-refractivity contribution in [3.8, 4) is 0 Å². The van der Waals surface area contributed by atoms with Crippen molar-refractivity contribution in [2.45, 2.75) is 76.0 Å². The van der Waals surface area contributed by atoms with Gasteiger partial charge < -0.3 is 0 Å². The van der Waals surface area contributed by atoms with Gasteiger partial charge in [0.2, 0.25) is 0 Å². The predicted molar refractivity (Wildman–Crippen MR) is 156 cm³/mol. The van der Waals surface area contributed by atoms with E-state index in [1.54, 1.807) is 0 Å². The van der Waals surface area contributed by atoms with Gasteiger partial charge in [-0.1, -0.05) is 180 Å². The average molecular weight is 475 g/mol. The molecule has 186 valence electrons. The molecule has 0 bridgehead atoms. The minimum Gasteiger partial charge on any atom is -0.0654 e. The number of hydrogen-bond donors (Lipinski definition) is 0. The van der Waals surface area contributed by atoms with Gasteiger partial charge in [0.25, 0.3) is 0 Å². The Balaban J connectivity index is 1.76. The van der Waals surface area contributed by atoms with E-state index in [9.17, 15) is 0 Å². The van der Waals surface area contributed by atoms with E-state index in [-0.39, 0.29) is 5.41 Å². The summed E-state index contributed by atoms with van der Waals surface area (Å²) in [4.78, 5) is 0. The van der Waals surface area contributed by atoms with Crippen LogP contribution in [0, 0.1) is 0 Å². The Morgan fingerprint density at radius 3 is 1.22 bits per heavy atom. The van der Waals surface area contributed by atoms with E-state index in [2.05, 4.69) is 128 Å². The highest BCUT2D eigenvalue weighted by molar-refractivity contribution is 5.54. The van der Waals surface area contributed by atoms with Crippen molar-refractivity contribution in [2.24, 2.45) is 0 Å². The molecule has 0 aliphatic rings. The SMILES string of the molecule is CCCCCCCCCCC(c1ccccc1)C(c1ccccc1)(c1ccccc1)c1ccccc1. The molecule has 0 fully saturated rings. The van der Waals surface area contributed by atoms with Crippen LogP contribution < -0.4 is 0 Å². The average Bonchev–Trinajstić information content (AvgIpc) is 2.96. The van der Waals surface area contributed by atoms with Crippen LogP contribution in [-0.2, 0) is 5.41 Å². The van der Waals surface area contributed by atoms with Crippen molar-refractivity contribution in [2.75, 3.05) is 0 Å². The lowest BCUT2D eigenvalue weighted by Crippen LogP contribution is -2.36. The first-order chi connectivity index (χ1) is 17.9. The fourth-order valence-corrected chi connectivity index (χ4v) is 6.01. The van der Waals surface area contributed by atoms with Gasteiger partial charge in [-0.2, -0.15) is 0 Å². The van der Waals surface area contributed by atoms with E-state index in [4.69, 9.17) is 0 Å². The van der Waals surface area contributed by atoms with Crippen LogP contribution in [-0.4, -0.2) is 0 Å². The zero-order valence-corrected chi connectivity index (χ0v) is 22.0. The molecule has 0 saturated carbocycles. The molecule has 0 heterocycles. The molecule has 0 nitrogen and oxygen atoms in total. The third kappa shape index (κ3) is 6.16. The van der Waals surface area contributed by atoms with Crippen molar-refractivity contribution in [3.63, 3.8) is 0 Å². The van der Waals surface area contributed by atoms with Crippen LogP contribution in [0.25, 0.3) is 0 Å². The zero-order valence-electron chi connectivity index (χ0n) is 22.0. The summed E-state index contributed by atoms with van der Waals surface area (Å²) in [5.74, 6) is 0.339. The largest absolute Gasteiger partial charge is 0.0654 e. The van der Waals surface area contributed by atoms with Crippen molar-refractivity contribution in [1.82, 2.24) is 0 Å². The molecule has 0 amide bonds. The molecule has 4 aromatic carbocycles. The van der Waals surface area contributed by atoms with Gasteiger partial charge in [0.05, 0.1) is 5.41 Å². The Morgan fingerprint density at radius 2 is 0.806 bits per heavy atom. The molecule has 0 radical (unpaired) electrons. The quantitative estimate of drug-likeness (QED) is 0.126. The normalized spacial score (nSPS) is 12.4. The van der Waals surface area contributed by atoms with Gasteiger partial charge in [-0.3, -0.25) is 0 Å². The summed E-state index contributed by atoms with van der Waals surface area (Å²) in [6.07, 6.45) is 11.9. The Morgan fingerprint density at radius 1 is 0.444 bits per heavy atom. The van der Waals surface area contributed by atoms with E-state index >= 15 is 0 Å². The van der Waals surface area contributed by atoms with E-state index in [0.29, 0.717) is 5.92 Å². The maximum absolute atomic E-state index is 2.35. The smallest absolute Gasteiger partial charge is 0.0519 e. The molecule has 0 heteroatoms. The molecular weight excluding hydrogens is 432 g/mol. The molecule has 0 N–H and O–H groups in total. The van der Waals surface area contributed by atoms with E-state index < -0.39 is 0 Å². The van der Waals surface area contributed by atoms with E-state index in [0.717, 1.165) is 6.42 Å². The van der Waals surface area contributed by atoms with Gasteiger partial charge in [-0.25, -0.2) is 0 Å². The second-order valence-electron chi connectivity index (χ2n) is 10.1. The Labute approximate surface area is 219 Å². The van der Waals surface area contributed by atoms with Crippen LogP contribution in [0.1, 0.15) is 92.9 Å². The molecule has 0 spiro atoms. The topological polar surface area (TPSA) is 0 Å². The zero-order chi connectivity index (χ0) is 24.9. The fourth-order valence-electron chi connectivity index (χ4n) is 6.01. The number of unbranched alkanes of at least 4 members (excludes halogenated alkanes) is 7. The van der Waals surface area contributed by atoms with Crippen LogP contribution in [0.3, 0.4) is 0 Å². The number of hydrogen-bond acceptors (Lipinski definition) is 0. The molecule has 36 heavy (non-hydrogen) atoms. The Bertz CT molecular complexity index is 1000. The lowest BCUT2D eigenvalue weighted by atomic mass is 9.59. The third-order valence-corrected chi connectivity index (χ3v) is 7.76. The summed E-state index contributed by atoms with van der Waals surface area (Å²) < 4.78 is 0. The first kappa shape index (κ1) is 26.0. The minimum absolute atomic E-state index is 0.258. The molecule has 1 atom stereocenters. The fraction of sp³-hybridized carbons (Fsp3) is 0.333. The minimum atomic E-state index is -0.258. The highest BCUT2D eigenvalue weighted by Crippen LogP contribution is 2.51. The van der Waals surface area contributed by atoms with Gasteiger partial charge in [0, 0.05) is 5.92 Å². The summed E-state index contributed by atoms with van der Waals surface area (Å²) in [5.41, 5.74) is 5.28. The number of rotatable bonds is 14. The standard InChI is InChI=1S/C36H42/c1-2-3-4-5-6-7-8-21-30-35(31-22-13-9-14-23-31)36(32-24-15-10-16-25-32,33-26-17-11-18-27-33)34-28-19-12-20-29-34/h9-20,22-29,35H,2-8,21,30H2,1H3. The third-order valence-electron chi connectivity index (χ3n) is 7.76. The molecule has 0 aliphatic carbocycles. The van der Waals surface area contributed by atoms with Gasteiger partial charge >= 0.3 is 0 Å². The van der Waals surface area contributed by atoms with Gasteiger partial charge in [0.15, 0.2) is 0 Å². The maximum Gasteiger partial charge on any atom is 0.0519 e. The predicted octanol–water partition coefficient (Wildman–Crippen LogP) is 10.3. The molecule has 0 saturated heterocycles. The summed E-state index contributed by atoms with van der Waals surface area (Å²) in [7, 11) is 0. The van der Waals surface area contributed by atoms with Crippen molar-refractivity contribution in [3.05, 3.63) is 144 Å². The molecule has 1 unspecified atom stereocenters. The van der Waals surface area contributed by atoms with Crippen molar-refractivity contribution in [1.29, 1.82) is 0 Å². The molecule has 0 aliphatic heterocycles. The maximum atomic E-state index is 2.35. The summed E-state index contributed by atoms with van der Waals surface area (Å²) in [6, 6.07) is 44.9. The number of benzene rings is 4.